The molecule has 22 heavy (non-hydrogen) atoms. The summed E-state index contributed by atoms with van der Waals surface area (Å²) in [6.07, 6.45) is 2.37. The fraction of sp³-hybridized carbons (Fsp3) is 0.562. The monoisotopic (exact) mass is 300 g/mol. The third-order valence-corrected chi connectivity index (χ3v) is 4.21. The van der Waals surface area contributed by atoms with E-state index < -0.39 is 0 Å². The maximum absolute atomic E-state index is 4.72. The summed E-state index contributed by atoms with van der Waals surface area (Å²) in [6.45, 7) is 10.2. The average Bonchev–Trinajstić information content (AvgIpc) is 2.83. The minimum absolute atomic E-state index is 0.426. The predicted octanol–water partition coefficient (Wildman–Crippen LogP) is 2.06. The number of nitrogens with one attached hydrogen (secondary N) is 2. The summed E-state index contributed by atoms with van der Waals surface area (Å²) >= 11 is 0. The van der Waals surface area contributed by atoms with Gasteiger partial charge in [-0.1, -0.05) is 0 Å². The third-order valence-electron chi connectivity index (χ3n) is 4.21. The van der Waals surface area contributed by atoms with Gasteiger partial charge in [0.15, 0.2) is 0 Å². The molecule has 3 heterocycles. The van der Waals surface area contributed by atoms with Crippen LogP contribution in [0.2, 0.25) is 0 Å². The van der Waals surface area contributed by atoms with Crippen LogP contribution >= 0.6 is 0 Å². The van der Waals surface area contributed by atoms with Crippen molar-refractivity contribution in [3.05, 3.63) is 28.7 Å². The minimum Gasteiger partial charge on any atom is -0.366 e. The molecular formula is C16H24N6. The zero-order chi connectivity index (χ0) is 15.7. The van der Waals surface area contributed by atoms with Crippen LogP contribution in [0.3, 0.4) is 0 Å². The number of nitrogens with zero attached hydrogens (tertiary/aromatic N) is 4. The Morgan fingerprint density at radius 3 is 2.68 bits per heavy atom. The second kappa shape index (κ2) is 6.04. The summed E-state index contributed by atoms with van der Waals surface area (Å²) in [5, 5.41) is 11.5. The summed E-state index contributed by atoms with van der Waals surface area (Å²) in [4.78, 5) is 9.33. The van der Waals surface area contributed by atoms with E-state index in [1.54, 1.807) is 0 Å². The van der Waals surface area contributed by atoms with Crippen LogP contribution in [-0.4, -0.2) is 38.9 Å². The van der Waals surface area contributed by atoms with E-state index in [1.165, 1.54) is 12.8 Å². The lowest BCUT2D eigenvalue weighted by Gasteiger charge is -2.25. The molecule has 1 aliphatic heterocycles. The van der Waals surface area contributed by atoms with Gasteiger partial charge in [-0.15, -0.1) is 0 Å². The molecule has 118 valence electrons. The summed E-state index contributed by atoms with van der Waals surface area (Å²) in [5.74, 6) is 1.56. The van der Waals surface area contributed by atoms with E-state index in [1.807, 2.05) is 31.5 Å². The minimum atomic E-state index is 0.426. The molecule has 0 amide bonds. The molecule has 6 heteroatoms. The molecule has 1 unspecified atom stereocenters. The number of anilines is 1. The second-order valence-electron chi connectivity index (χ2n) is 6.11. The van der Waals surface area contributed by atoms with Crippen molar-refractivity contribution in [2.24, 2.45) is 0 Å². The number of hydrogen-bond donors (Lipinski definition) is 2. The fourth-order valence-corrected chi connectivity index (χ4v) is 2.85. The number of rotatable bonds is 3. The Morgan fingerprint density at radius 2 is 2.05 bits per heavy atom. The van der Waals surface area contributed by atoms with Crippen molar-refractivity contribution >= 4 is 5.82 Å². The van der Waals surface area contributed by atoms with Crippen LogP contribution in [0.5, 0.6) is 0 Å². The predicted molar refractivity (Wildman–Crippen MR) is 87.6 cm³/mol. The fourth-order valence-electron chi connectivity index (χ4n) is 2.85. The van der Waals surface area contributed by atoms with Gasteiger partial charge in [0.2, 0.25) is 0 Å². The first-order valence-corrected chi connectivity index (χ1v) is 7.90. The van der Waals surface area contributed by atoms with E-state index in [9.17, 15) is 0 Å². The van der Waals surface area contributed by atoms with Crippen molar-refractivity contribution in [3.63, 3.8) is 0 Å². The molecule has 1 atom stereocenters. The van der Waals surface area contributed by atoms with Crippen molar-refractivity contribution in [3.8, 4) is 5.95 Å². The molecule has 6 nitrogen and oxygen atoms in total. The van der Waals surface area contributed by atoms with Gasteiger partial charge in [0, 0.05) is 29.5 Å². The van der Waals surface area contributed by atoms with Gasteiger partial charge >= 0.3 is 0 Å². The lowest BCUT2D eigenvalue weighted by atomic mass is 10.1. The van der Waals surface area contributed by atoms with E-state index in [0.29, 0.717) is 12.0 Å². The van der Waals surface area contributed by atoms with E-state index in [4.69, 9.17) is 4.98 Å². The average molecular weight is 300 g/mol. The van der Waals surface area contributed by atoms with Crippen LogP contribution in [0.15, 0.2) is 6.07 Å². The van der Waals surface area contributed by atoms with Crippen LogP contribution < -0.4 is 10.6 Å². The Morgan fingerprint density at radius 1 is 1.23 bits per heavy atom. The normalized spacial score (nSPS) is 18.5. The van der Waals surface area contributed by atoms with E-state index in [2.05, 4.69) is 27.6 Å². The van der Waals surface area contributed by atoms with Crippen molar-refractivity contribution in [1.82, 2.24) is 25.1 Å². The van der Waals surface area contributed by atoms with Gasteiger partial charge in [0.1, 0.15) is 5.82 Å². The molecule has 2 aromatic rings. The van der Waals surface area contributed by atoms with Crippen molar-refractivity contribution in [1.29, 1.82) is 0 Å². The molecule has 0 aliphatic carbocycles. The highest BCUT2D eigenvalue weighted by Crippen LogP contribution is 2.20. The standard InChI is InChI=1S/C16H24N6/c1-10-8-11(2)22(21-10)16-18-13(4)12(3)15(20-16)19-14-6-5-7-17-9-14/h8,14,17H,5-7,9H2,1-4H3,(H,18,19,20). The highest BCUT2D eigenvalue weighted by molar-refractivity contribution is 5.48. The van der Waals surface area contributed by atoms with Crippen LogP contribution in [0.1, 0.15) is 35.5 Å². The van der Waals surface area contributed by atoms with Crippen molar-refractivity contribution < 1.29 is 0 Å². The zero-order valence-corrected chi connectivity index (χ0v) is 13.8. The Bertz CT molecular complexity index is 670. The zero-order valence-electron chi connectivity index (χ0n) is 13.8. The third kappa shape index (κ3) is 2.97. The first-order chi connectivity index (χ1) is 10.5. The molecule has 1 saturated heterocycles. The Balaban J connectivity index is 1.94. The van der Waals surface area contributed by atoms with Gasteiger partial charge in [-0.2, -0.15) is 10.1 Å². The van der Waals surface area contributed by atoms with Crippen molar-refractivity contribution in [2.75, 3.05) is 18.4 Å². The van der Waals surface area contributed by atoms with Crippen LogP contribution in [-0.2, 0) is 0 Å². The SMILES string of the molecule is Cc1cc(C)n(-c2nc(C)c(C)c(NC3CCCNC3)n2)n1. The van der Waals surface area contributed by atoms with Gasteiger partial charge in [-0.3, -0.25) is 0 Å². The summed E-state index contributed by atoms with van der Waals surface area (Å²) in [5.41, 5.74) is 4.12. The van der Waals surface area contributed by atoms with Crippen LogP contribution in [0.4, 0.5) is 5.82 Å². The number of aromatic nitrogens is 4. The van der Waals surface area contributed by atoms with Gasteiger partial charge < -0.3 is 10.6 Å². The molecule has 2 N–H and O–H groups in total. The molecule has 0 spiro atoms. The van der Waals surface area contributed by atoms with Gasteiger partial charge in [0.05, 0.1) is 5.69 Å². The smallest absolute Gasteiger partial charge is 0.252 e. The molecule has 3 rings (SSSR count). The van der Waals surface area contributed by atoms with Gasteiger partial charge in [-0.05, 0) is 53.1 Å². The lowest BCUT2D eigenvalue weighted by molar-refractivity contribution is 0.478. The van der Waals surface area contributed by atoms with E-state index in [0.717, 1.165) is 41.6 Å². The molecule has 2 aromatic heterocycles. The summed E-state index contributed by atoms with van der Waals surface area (Å²) in [6, 6.07) is 2.46. The number of hydrogen-bond acceptors (Lipinski definition) is 5. The first kappa shape index (κ1) is 15.0. The van der Waals surface area contributed by atoms with E-state index in [-0.39, 0.29) is 0 Å². The number of aryl methyl sites for hydroxylation is 3. The largest absolute Gasteiger partial charge is 0.366 e. The lowest BCUT2D eigenvalue weighted by Crippen LogP contribution is -2.38. The van der Waals surface area contributed by atoms with Crippen LogP contribution in [0, 0.1) is 27.7 Å². The highest BCUT2D eigenvalue weighted by Gasteiger charge is 2.17. The second-order valence-corrected chi connectivity index (χ2v) is 6.11. The summed E-state index contributed by atoms with van der Waals surface area (Å²) < 4.78 is 1.81. The van der Waals surface area contributed by atoms with Crippen LogP contribution in [0.25, 0.3) is 5.95 Å². The van der Waals surface area contributed by atoms with E-state index >= 15 is 0 Å². The Hall–Kier alpha value is -1.95. The quantitative estimate of drug-likeness (QED) is 0.908. The van der Waals surface area contributed by atoms with Gasteiger partial charge in [0.25, 0.3) is 5.95 Å². The summed E-state index contributed by atoms with van der Waals surface area (Å²) in [7, 11) is 0. The molecule has 1 fully saturated rings. The van der Waals surface area contributed by atoms with Gasteiger partial charge in [-0.25, -0.2) is 9.67 Å². The number of piperidine rings is 1. The molecule has 0 bridgehead atoms. The Labute approximate surface area is 131 Å². The molecule has 0 radical (unpaired) electrons. The topological polar surface area (TPSA) is 67.7 Å². The molecule has 0 aromatic carbocycles. The maximum Gasteiger partial charge on any atom is 0.252 e. The molecular weight excluding hydrogens is 276 g/mol. The first-order valence-electron chi connectivity index (χ1n) is 7.90. The maximum atomic E-state index is 4.72. The molecule has 0 saturated carbocycles. The molecule has 1 aliphatic rings. The van der Waals surface area contributed by atoms with Crippen molar-refractivity contribution in [2.45, 2.75) is 46.6 Å². The Kier molecular flexibility index (Phi) is 4.11. The highest BCUT2D eigenvalue weighted by atomic mass is 15.4.